The van der Waals surface area contributed by atoms with Crippen LogP contribution in [-0.4, -0.2) is 19.7 Å². The molecule has 0 amide bonds. The van der Waals surface area contributed by atoms with Gasteiger partial charge in [-0.25, -0.2) is 4.98 Å². The first-order valence-electron chi connectivity index (χ1n) is 4.64. The van der Waals surface area contributed by atoms with Gasteiger partial charge in [-0.1, -0.05) is 6.92 Å². The molecule has 2 rings (SSSR count). The number of hydrogen-bond donors (Lipinski definition) is 0. The van der Waals surface area contributed by atoms with Crippen molar-refractivity contribution in [2.24, 2.45) is 0 Å². The number of rotatable bonds is 2. The second-order valence-electron chi connectivity index (χ2n) is 3.10. The molecule has 4 nitrogen and oxygen atoms in total. The van der Waals surface area contributed by atoms with Crippen molar-refractivity contribution < 1.29 is 0 Å². The van der Waals surface area contributed by atoms with Crippen molar-refractivity contribution in [2.75, 3.05) is 0 Å². The van der Waals surface area contributed by atoms with Crippen molar-refractivity contribution in [3.8, 4) is 5.82 Å². The van der Waals surface area contributed by atoms with Crippen LogP contribution in [0.25, 0.3) is 5.82 Å². The molecule has 4 heteroatoms. The molecule has 0 radical (unpaired) electrons. The second-order valence-corrected chi connectivity index (χ2v) is 3.10. The highest BCUT2D eigenvalue weighted by Crippen LogP contribution is 2.07. The lowest BCUT2D eigenvalue weighted by atomic mass is 10.4. The molecule has 72 valence electrons. The molecule has 0 saturated heterocycles. The maximum Gasteiger partial charge on any atom is 0.160 e. The molecule has 2 aromatic heterocycles. The van der Waals surface area contributed by atoms with E-state index >= 15 is 0 Å². The molecule has 14 heavy (non-hydrogen) atoms. The molecular formula is C10H12N4. The summed E-state index contributed by atoms with van der Waals surface area (Å²) >= 11 is 0. The minimum absolute atomic E-state index is 0.824. The van der Waals surface area contributed by atoms with Crippen LogP contribution in [0.2, 0.25) is 0 Å². The van der Waals surface area contributed by atoms with Gasteiger partial charge in [0, 0.05) is 18.8 Å². The van der Waals surface area contributed by atoms with E-state index in [0.29, 0.717) is 0 Å². The van der Waals surface area contributed by atoms with Gasteiger partial charge < -0.3 is 0 Å². The molecule has 0 unspecified atom stereocenters. The fraction of sp³-hybridized carbons (Fsp3) is 0.300. The lowest BCUT2D eigenvalue weighted by Crippen LogP contribution is -2.02. The first-order valence-corrected chi connectivity index (χ1v) is 4.64. The third-order valence-electron chi connectivity index (χ3n) is 2.06. The highest BCUT2D eigenvalue weighted by molar-refractivity contribution is 5.23. The normalized spacial score (nSPS) is 10.4. The smallest absolute Gasteiger partial charge is 0.160 e. The van der Waals surface area contributed by atoms with E-state index in [1.807, 2.05) is 29.8 Å². The van der Waals surface area contributed by atoms with Gasteiger partial charge in [0.15, 0.2) is 5.82 Å². The maximum atomic E-state index is 4.23. The maximum absolute atomic E-state index is 4.23. The summed E-state index contributed by atoms with van der Waals surface area (Å²) in [5.74, 6) is 1.83. The quantitative estimate of drug-likeness (QED) is 0.717. The number of aryl methyl sites for hydroxylation is 2. The van der Waals surface area contributed by atoms with Crippen LogP contribution in [0.5, 0.6) is 0 Å². The van der Waals surface area contributed by atoms with Gasteiger partial charge in [0.05, 0.1) is 5.69 Å². The average Bonchev–Trinajstić information content (AvgIpc) is 2.67. The summed E-state index contributed by atoms with van der Waals surface area (Å²) in [6.07, 6.45) is 4.57. The first-order chi connectivity index (χ1) is 6.81. The molecule has 2 heterocycles. The van der Waals surface area contributed by atoms with Crippen LogP contribution in [0.3, 0.4) is 0 Å². The van der Waals surface area contributed by atoms with Crippen molar-refractivity contribution in [3.05, 3.63) is 36.0 Å². The Labute approximate surface area is 82.6 Å². The van der Waals surface area contributed by atoms with E-state index in [0.717, 1.165) is 23.8 Å². The van der Waals surface area contributed by atoms with E-state index in [2.05, 4.69) is 22.1 Å². The fourth-order valence-corrected chi connectivity index (χ4v) is 1.32. The first kappa shape index (κ1) is 8.87. The predicted octanol–water partition coefficient (Wildman–Crippen LogP) is 1.53. The summed E-state index contributed by atoms with van der Waals surface area (Å²) in [6.45, 7) is 3.99. The minimum Gasteiger partial charge on any atom is -0.286 e. The Balaban J connectivity index is 2.44. The van der Waals surface area contributed by atoms with Crippen LogP contribution in [0.1, 0.15) is 18.4 Å². The van der Waals surface area contributed by atoms with Crippen molar-refractivity contribution in [3.63, 3.8) is 0 Å². The second kappa shape index (κ2) is 3.57. The van der Waals surface area contributed by atoms with Crippen LogP contribution < -0.4 is 0 Å². The number of aromatic nitrogens is 4. The summed E-state index contributed by atoms with van der Waals surface area (Å²) in [5, 5.41) is 8.11. The summed E-state index contributed by atoms with van der Waals surface area (Å²) in [7, 11) is 0. The Bertz CT molecular complexity index is 416. The molecule has 0 spiro atoms. The molecule has 0 aliphatic rings. The molecule has 0 bridgehead atoms. The fourth-order valence-electron chi connectivity index (χ4n) is 1.32. The van der Waals surface area contributed by atoms with Crippen LogP contribution in [-0.2, 0) is 6.42 Å². The van der Waals surface area contributed by atoms with Gasteiger partial charge in [-0.15, -0.1) is 5.10 Å². The average molecular weight is 188 g/mol. The molecule has 0 aromatic carbocycles. The SMILES string of the molecule is CCc1nccn1-c1ccc(C)nn1. The molecule has 0 aliphatic heterocycles. The van der Waals surface area contributed by atoms with Crippen molar-refractivity contribution >= 4 is 0 Å². The Morgan fingerprint density at radius 3 is 2.79 bits per heavy atom. The van der Waals surface area contributed by atoms with Gasteiger partial charge in [-0.3, -0.25) is 4.57 Å². The Morgan fingerprint density at radius 1 is 1.29 bits per heavy atom. The molecular weight excluding hydrogens is 176 g/mol. The van der Waals surface area contributed by atoms with Gasteiger partial charge in [0.2, 0.25) is 0 Å². The Kier molecular flexibility index (Phi) is 2.26. The Hall–Kier alpha value is -1.71. The monoisotopic (exact) mass is 188 g/mol. The molecule has 0 N–H and O–H groups in total. The van der Waals surface area contributed by atoms with E-state index in [-0.39, 0.29) is 0 Å². The van der Waals surface area contributed by atoms with Gasteiger partial charge in [0.1, 0.15) is 5.82 Å². The van der Waals surface area contributed by atoms with E-state index in [9.17, 15) is 0 Å². The van der Waals surface area contributed by atoms with Gasteiger partial charge >= 0.3 is 0 Å². The highest BCUT2D eigenvalue weighted by Gasteiger charge is 2.03. The van der Waals surface area contributed by atoms with Crippen LogP contribution in [0.15, 0.2) is 24.5 Å². The van der Waals surface area contributed by atoms with Crippen LogP contribution >= 0.6 is 0 Å². The summed E-state index contributed by atoms with van der Waals surface area (Å²) in [5.41, 5.74) is 0.923. The zero-order valence-electron chi connectivity index (χ0n) is 8.31. The number of imidazole rings is 1. The predicted molar refractivity (Wildman–Crippen MR) is 53.3 cm³/mol. The largest absolute Gasteiger partial charge is 0.286 e. The zero-order valence-corrected chi connectivity index (χ0v) is 8.31. The third kappa shape index (κ3) is 1.51. The van der Waals surface area contributed by atoms with Crippen LogP contribution in [0, 0.1) is 6.92 Å². The van der Waals surface area contributed by atoms with Crippen molar-refractivity contribution in [1.29, 1.82) is 0 Å². The topological polar surface area (TPSA) is 43.6 Å². The van der Waals surface area contributed by atoms with E-state index in [4.69, 9.17) is 0 Å². The highest BCUT2D eigenvalue weighted by atomic mass is 15.2. The van der Waals surface area contributed by atoms with E-state index in [1.165, 1.54) is 0 Å². The summed E-state index contributed by atoms with van der Waals surface area (Å²) in [4.78, 5) is 4.23. The van der Waals surface area contributed by atoms with Crippen molar-refractivity contribution in [1.82, 2.24) is 19.7 Å². The lowest BCUT2D eigenvalue weighted by Gasteiger charge is -2.03. The molecule has 0 fully saturated rings. The molecule has 0 saturated carbocycles. The van der Waals surface area contributed by atoms with Gasteiger partial charge in [-0.05, 0) is 19.1 Å². The van der Waals surface area contributed by atoms with E-state index < -0.39 is 0 Å². The zero-order chi connectivity index (χ0) is 9.97. The summed E-state index contributed by atoms with van der Waals surface area (Å²) < 4.78 is 1.95. The van der Waals surface area contributed by atoms with E-state index in [1.54, 1.807) is 6.20 Å². The molecule has 0 aliphatic carbocycles. The van der Waals surface area contributed by atoms with Crippen LogP contribution in [0.4, 0.5) is 0 Å². The Morgan fingerprint density at radius 2 is 2.14 bits per heavy atom. The third-order valence-corrected chi connectivity index (χ3v) is 2.06. The van der Waals surface area contributed by atoms with Crippen molar-refractivity contribution in [2.45, 2.75) is 20.3 Å². The molecule has 0 atom stereocenters. The van der Waals surface area contributed by atoms with Gasteiger partial charge in [-0.2, -0.15) is 5.10 Å². The molecule has 2 aromatic rings. The minimum atomic E-state index is 0.824. The number of hydrogen-bond acceptors (Lipinski definition) is 3. The van der Waals surface area contributed by atoms with Gasteiger partial charge in [0.25, 0.3) is 0 Å². The number of nitrogens with zero attached hydrogens (tertiary/aromatic N) is 4. The summed E-state index contributed by atoms with van der Waals surface area (Å²) in [6, 6.07) is 3.89. The lowest BCUT2D eigenvalue weighted by molar-refractivity contribution is 0.830. The standard InChI is InChI=1S/C10H12N4/c1-3-9-11-6-7-14(9)10-5-4-8(2)12-13-10/h4-7H,3H2,1-2H3.